The van der Waals surface area contributed by atoms with Crippen molar-refractivity contribution in [3.8, 4) is 0 Å². The number of anilines is 1. The number of aromatic nitrogens is 2. The van der Waals surface area contributed by atoms with Gasteiger partial charge in [0.05, 0.1) is 0 Å². The second-order valence-corrected chi connectivity index (χ2v) is 7.54. The van der Waals surface area contributed by atoms with Gasteiger partial charge in [0.25, 0.3) is 10.0 Å². The molecule has 6 heteroatoms. The zero-order chi connectivity index (χ0) is 17.2. The lowest BCUT2D eigenvalue weighted by atomic mass is 10.2. The molecule has 3 rings (SSSR count). The summed E-state index contributed by atoms with van der Waals surface area (Å²) in [4.78, 5) is 4.62. The van der Waals surface area contributed by atoms with Crippen molar-refractivity contribution >= 4 is 26.7 Å². The molecule has 0 saturated carbocycles. The van der Waals surface area contributed by atoms with E-state index in [1.807, 2.05) is 23.6 Å². The third-order valence-electron chi connectivity index (χ3n) is 3.94. The second-order valence-electron chi connectivity index (χ2n) is 5.89. The summed E-state index contributed by atoms with van der Waals surface area (Å²) in [5.41, 5.74) is 2.34. The van der Waals surface area contributed by atoms with Crippen LogP contribution in [-0.4, -0.2) is 18.0 Å². The average Bonchev–Trinajstić information content (AvgIpc) is 2.95. The van der Waals surface area contributed by atoms with Gasteiger partial charge in [-0.2, -0.15) is 0 Å². The largest absolute Gasteiger partial charge is 0.331 e. The van der Waals surface area contributed by atoms with Crippen LogP contribution in [0.4, 0.5) is 5.69 Å². The SMILES string of the molecule is CCCCn1cc(S(=O)(=O)Nc2ccc(C)cc2)c2cccnc21. The van der Waals surface area contributed by atoms with Crippen molar-refractivity contribution in [1.29, 1.82) is 0 Å². The molecule has 5 nitrogen and oxygen atoms in total. The van der Waals surface area contributed by atoms with Crippen molar-refractivity contribution in [2.24, 2.45) is 0 Å². The molecule has 126 valence electrons. The van der Waals surface area contributed by atoms with E-state index in [1.165, 1.54) is 0 Å². The zero-order valence-electron chi connectivity index (χ0n) is 13.9. The fourth-order valence-corrected chi connectivity index (χ4v) is 3.91. The number of unbranched alkanes of at least 4 members (excludes halogenated alkanes) is 1. The fraction of sp³-hybridized carbons (Fsp3) is 0.278. The topological polar surface area (TPSA) is 64.0 Å². The lowest BCUT2D eigenvalue weighted by Gasteiger charge is -2.07. The Balaban J connectivity index is 2.02. The molecule has 3 aromatic rings. The van der Waals surface area contributed by atoms with Gasteiger partial charge in [-0.05, 0) is 37.6 Å². The van der Waals surface area contributed by atoms with E-state index in [0.717, 1.165) is 24.9 Å². The molecule has 2 heterocycles. The molecule has 2 aromatic heterocycles. The maximum absolute atomic E-state index is 12.8. The summed E-state index contributed by atoms with van der Waals surface area (Å²) in [5.74, 6) is 0. The molecule has 24 heavy (non-hydrogen) atoms. The number of pyridine rings is 1. The van der Waals surface area contributed by atoms with Crippen LogP contribution in [0, 0.1) is 6.92 Å². The molecule has 1 N–H and O–H groups in total. The Bertz CT molecular complexity index is 944. The highest BCUT2D eigenvalue weighted by molar-refractivity contribution is 7.93. The van der Waals surface area contributed by atoms with Gasteiger partial charge >= 0.3 is 0 Å². The molecular formula is C18H21N3O2S. The highest BCUT2D eigenvalue weighted by Crippen LogP contribution is 2.26. The van der Waals surface area contributed by atoms with Crippen molar-refractivity contribution in [2.45, 2.75) is 38.1 Å². The Morgan fingerprint density at radius 2 is 1.92 bits per heavy atom. The standard InChI is InChI=1S/C18H21N3O2S/c1-3-4-12-21-13-17(16-6-5-11-19-18(16)21)24(22,23)20-15-9-7-14(2)8-10-15/h5-11,13,20H,3-4,12H2,1-2H3. The van der Waals surface area contributed by atoms with E-state index in [9.17, 15) is 8.42 Å². The van der Waals surface area contributed by atoms with Gasteiger partial charge in [-0.15, -0.1) is 0 Å². The van der Waals surface area contributed by atoms with Crippen LogP contribution in [0.1, 0.15) is 25.3 Å². The van der Waals surface area contributed by atoms with Gasteiger partial charge in [0, 0.05) is 30.0 Å². The van der Waals surface area contributed by atoms with Crippen LogP contribution in [0.25, 0.3) is 11.0 Å². The van der Waals surface area contributed by atoms with Gasteiger partial charge in [-0.3, -0.25) is 4.72 Å². The van der Waals surface area contributed by atoms with Crippen molar-refractivity contribution in [3.05, 3.63) is 54.4 Å². The monoisotopic (exact) mass is 343 g/mol. The normalized spacial score (nSPS) is 11.8. The minimum atomic E-state index is -3.67. The first kappa shape index (κ1) is 16.5. The first-order valence-electron chi connectivity index (χ1n) is 8.04. The average molecular weight is 343 g/mol. The third kappa shape index (κ3) is 3.28. The third-order valence-corrected chi connectivity index (χ3v) is 5.35. The molecule has 0 radical (unpaired) electrons. The quantitative estimate of drug-likeness (QED) is 0.737. The van der Waals surface area contributed by atoms with Gasteiger partial charge in [0.2, 0.25) is 0 Å². The Kier molecular flexibility index (Phi) is 4.57. The molecule has 0 amide bonds. The summed E-state index contributed by atoms with van der Waals surface area (Å²) in [5, 5.41) is 0.646. The highest BCUT2D eigenvalue weighted by atomic mass is 32.2. The number of fused-ring (bicyclic) bond motifs is 1. The first-order valence-corrected chi connectivity index (χ1v) is 9.53. The van der Waals surface area contributed by atoms with Crippen molar-refractivity contribution in [3.63, 3.8) is 0 Å². The van der Waals surface area contributed by atoms with Crippen molar-refractivity contribution < 1.29 is 8.42 Å². The van der Waals surface area contributed by atoms with Crippen LogP contribution in [0.5, 0.6) is 0 Å². The number of sulfonamides is 1. The molecule has 0 atom stereocenters. The Labute approximate surface area is 142 Å². The number of nitrogens with zero attached hydrogens (tertiary/aromatic N) is 2. The van der Waals surface area contributed by atoms with E-state index in [-0.39, 0.29) is 4.90 Å². The maximum Gasteiger partial charge on any atom is 0.264 e. The fourth-order valence-electron chi connectivity index (χ4n) is 2.64. The highest BCUT2D eigenvalue weighted by Gasteiger charge is 2.21. The summed E-state index contributed by atoms with van der Waals surface area (Å²) in [6, 6.07) is 10.8. The molecule has 0 spiro atoms. The summed E-state index contributed by atoms with van der Waals surface area (Å²) in [6.07, 6.45) is 5.39. The predicted octanol–water partition coefficient (Wildman–Crippen LogP) is 3.95. The zero-order valence-corrected chi connectivity index (χ0v) is 14.7. The minimum absolute atomic E-state index is 0.266. The number of aryl methyl sites for hydroxylation is 2. The summed E-state index contributed by atoms with van der Waals surface area (Å²) in [7, 11) is -3.67. The number of nitrogens with one attached hydrogen (secondary N) is 1. The van der Waals surface area contributed by atoms with Crippen LogP contribution in [0.3, 0.4) is 0 Å². The smallest absolute Gasteiger partial charge is 0.264 e. The Morgan fingerprint density at radius 1 is 1.17 bits per heavy atom. The first-order chi connectivity index (χ1) is 11.5. The van der Waals surface area contributed by atoms with Crippen LogP contribution in [-0.2, 0) is 16.6 Å². The maximum atomic E-state index is 12.8. The summed E-state index contributed by atoms with van der Waals surface area (Å²) in [6.45, 7) is 4.82. The molecule has 0 aliphatic rings. The number of rotatable bonds is 6. The van der Waals surface area contributed by atoms with Crippen LogP contribution in [0.2, 0.25) is 0 Å². The van der Waals surface area contributed by atoms with E-state index in [2.05, 4.69) is 16.6 Å². The van der Waals surface area contributed by atoms with E-state index in [1.54, 1.807) is 36.7 Å². The van der Waals surface area contributed by atoms with Gasteiger partial charge in [-0.1, -0.05) is 31.0 Å². The molecule has 0 aliphatic carbocycles. The van der Waals surface area contributed by atoms with Crippen LogP contribution in [0.15, 0.2) is 53.7 Å². The number of hydrogen-bond acceptors (Lipinski definition) is 3. The summed E-state index contributed by atoms with van der Waals surface area (Å²) < 4.78 is 30.2. The molecule has 0 saturated heterocycles. The predicted molar refractivity (Wildman–Crippen MR) is 96.6 cm³/mol. The summed E-state index contributed by atoms with van der Waals surface area (Å²) >= 11 is 0. The lowest BCUT2D eigenvalue weighted by Crippen LogP contribution is -2.12. The van der Waals surface area contributed by atoms with Gasteiger partial charge in [0.15, 0.2) is 0 Å². The number of benzene rings is 1. The Hall–Kier alpha value is -2.34. The Morgan fingerprint density at radius 3 is 2.62 bits per heavy atom. The molecule has 0 bridgehead atoms. The van der Waals surface area contributed by atoms with Crippen molar-refractivity contribution in [1.82, 2.24) is 9.55 Å². The lowest BCUT2D eigenvalue weighted by molar-refractivity contribution is 0.600. The molecule has 0 unspecified atom stereocenters. The van der Waals surface area contributed by atoms with Crippen molar-refractivity contribution in [2.75, 3.05) is 4.72 Å². The molecule has 0 aliphatic heterocycles. The van der Waals surface area contributed by atoms with Gasteiger partial charge < -0.3 is 4.57 Å². The molecule has 1 aromatic carbocycles. The van der Waals surface area contributed by atoms with Crippen LogP contribution < -0.4 is 4.72 Å². The van der Waals surface area contributed by atoms with Gasteiger partial charge in [0.1, 0.15) is 10.5 Å². The van der Waals surface area contributed by atoms with Crippen LogP contribution >= 0.6 is 0 Å². The van der Waals surface area contributed by atoms with E-state index in [0.29, 0.717) is 16.7 Å². The van der Waals surface area contributed by atoms with E-state index >= 15 is 0 Å². The van der Waals surface area contributed by atoms with Gasteiger partial charge in [-0.25, -0.2) is 13.4 Å². The van der Waals surface area contributed by atoms with E-state index < -0.39 is 10.0 Å². The van der Waals surface area contributed by atoms with E-state index in [4.69, 9.17) is 0 Å². The second kappa shape index (κ2) is 6.65. The molecular weight excluding hydrogens is 322 g/mol. The minimum Gasteiger partial charge on any atom is -0.331 e. The number of hydrogen-bond donors (Lipinski definition) is 1. The molecule has 0 fully saturated rings.